The summed E-state index contributed by atoms with van der Waals surface area (Å²) in [5, 5.41) is 4.25. The molecule has 2 aliphatic heterocycles. The minimum atomic E-state index is 0.189. The zero-order valence-corrected chi connectivity index (χ0v) is 11.0. The maximum Gasteiger partial charge on any atom is 0.224 e. The number of morpholine rings is 1. The fourth-order valence-corrected chi connectivity index (χ4v) is 2.77. The third kappa shape index (κ3) is 3.89. The second kappa shape index (κ2) is 6.26. The quantitative estimate of drug-likeness (QED) is 0.791. The lowest BCUT2D eigenvalue weighted by atomic mass is 10.3. The number of aliphatic imine (C=N–C) groups is 1. The van der Waals surface area contributed by atoms with E-state index in [0.29, 0.717) is 32.2 Å². The minimum absolute atomic E-state index is 0.189. The Morgan fingerprint density at radius 2 is 2.35 bits per heavy atom. The van der Waals surface area contributed by atoms with Crippen molar-refractivity contribution in [3.05, 3.63) is 0 Å². The number of amidine groups is 1. The Hall–Kier alpha value is -0.750. The van der Waals surface area contributed by atoms with Crippen molar-refractivity contribution in [2.45, 2.75) is 19.4 Å². The Balaban J connectivity index is 1.69. The first-order valence-corrected chi connectivity index (χ1v) is 7.03. The smallest absolute Gasteiger partial charge is 0.224 e. The summed E-state index contributed by atoms with van der Waals surface area (Å²) in [5.74, 6) is 1.25. The number of hydrogen-bond donors (Lipinski definition) is 1. The molecule has 1 unspecified atom stereocenters. The van der Waals surface area contributed by atoms with Crippen molar-refractivity contribution in [1.82, 2.24) is 10.2 Å². The topological polar surface area (TPSA) is 53.9 Å². The van der Waals surface area contributed by atoms with Gasteiger partial charge < -0.3 is 15.0 Å². The highest BCUT2D eigenvalue weighted by atomic mass is 32.2. The van der Waals surface area contributed by atoms with E-state index in [1.807, 2.05) is 4.90 Å². The summed E-state index contributed by atoms with van der Waals surface area (Å²) in [5.41, 5.74) is 0. The molecule has 96 valence electrons. The monoisotopic (exact) mass is 257 g/mol. The minimum Gasteiger partial charge on any atom is -0.378 e. The van der Waals surface area contributed by atoms with E-state index < -0.39 is 0 Å². The molecule has 0 bridgehead atoms. The summed E-state index contributed by atoms with van der Waals surface area (Å²) in [6.07, 6.45) is 0.500. The number of nitrogens with zero attached hydrogens (tertiary/aromatic N) is 2. The van der Waals surface area contributed by atoms with Crippen LogP contribution in [-0.2, 0) is 9.53 Å². The molecule has 5 nitrogen and oxygen atoms in total. The molecule has 1 atom stereocenters. The van der Waals surface area contributed by atoms with Crippen LogP contribution < -0.4 is 5.32 Å². The van der Waals surface area contributed by atoms with Gasteiger partial charge in [-0.1, -0.05) is 11.8 Å². The maximum absolute atomic E-state index is 11.8. The van der Waals surface area contributed by atoms with E-state index >= 15 is 0 Å². The first kappa shape index (κ1) is 12.7. The molecule has 0 aromatic heterocycles. The highest BCUT2D eigenvalue weighted by molar-refractivity contribution is 8.14. The van der Waals surface area contributed by atoms with Crippen LogP contribution in [-0.4, -0.2) is 60.6 Å². The lowest BCUT2D eigenvalue weighted by Gasteiger charge is -2.26. The average Bonchev–Trinajstić information content (AvgIpc) is 2.76. The first-order chi connectivity index (χ1) is 8.25. The van der Waals surface area contributed by atoms with Gasteiger partial charge in [0.2, 0.25) is 5.91 Å². The summed E-state index contributed by atoms with van der Waals surface area (Å²) in [6, 6.07) is 0.494. The normalized spacial score (nSPS) is 27.2. The zero-order valence-electron chi connectivity index (χ0n) is 10.1. The van der Waals surface area contributed by atoms with Gasteiger partial charge in [0.25, 0.3) is 0 Å². The van der Waals surface area contributed by atoms with Gasteiger partial charge in [0, 0.05) is 31.3 Å². The van der Waals surface area contributed by atoms with Crippen molar-refractivity contribution in [3.8, 4) is 0 Å². The molecule has 17 heavy (non-hydrogen) atoms. The van der Waals surface area contributed by atoms with Gasteiger partial charge in [-0.05, 0) is 6.92 Å². The molecule has 0 saturated carbocycles. The van der Waals surface area contributed by atoms with Crippen molar-refractivity contribution in [3.63, 3.8) is 0 Å². The molecule has 1 N–H and O–H groups in total. The van der Waals surface area contributed by atoms with E-state index in [2.05, 4.69) is 17.2 Å². The second-order valence-electron chi connectivity index (χ2n) is 4.29. The standard InChI is InChI=1S/C11H19N3O2S/c1-9-8-17-11(13-9)12-3-2-10(15)14-4-6-16-7-5-14/h9H,2-8H2,1H3,(H,12,13). The Morgan fingerprint density at radius 1 is 1.59 bits per heavy atom. The Labute approximate surface area is 106 Å². The molecule has 2 fully saturated rings. The van der Waals surface area contributed by atoms with Crippen molar-refractivity contribution in [1.29, 1.82) is 0 Å². The number of thioether (sulfide) groups is 1. The van der Waals surface area contributed by atoms with E-state index in [1.165, 1.54) is 0 Å². The SMILES string of the molecule is CC1CSC(=NCCC(=O)N2CCOCC2)N1. The van der Waals surface area contributed by atoms with E-state index in [4.69, 9.17) is 4.74 Å². The van der Waals surface area contributed by atoms with Crippen LogP contribution in [0, 0.1) is 0 Å². The zero-order chi connectivity index (χ0) is 12.1. The highest BCUT2D eigenvalue weighted by Crippen LogP contribution is 2.13. The predicted molar refractivity (Wildman–Crippen MR) is 69.4 cm³/mol. The molecule has 2 rings (SSSR count). The first-order valence-electron chi connectivity index (χ1n) is 6.05. The van der Waals surface area contributed by atoms with E-state index in [9.17, 15) is 4.79 Å². The van der Waals surface area contributed by atoms with Gasteiger partial charge in [-0.2, -0.15) is 0 Å². The highest BCUT2D eigenvalue weighted by Gasteiger charge is 2.17. The molecule has 0 aromatic carbocycles. The summed E-state index contributed by atoms with van der Waals surface area (Å²) in [4.78, 5) is 18.1. The number of hydrogen-bond acceptors (Lipinski definition) is 4. The second-order valence-corrected chi connectivity index (χ2v) is 5.30. The van der Waals surface area contributed by atoms with Crippen molar-refractivity contribution >= 4 is 22.8 Å². The number of carbonyl (C=O) groups excluding carboxylic acids is 1. The number of carbonyl (C=O) groups is 1. The van der Waals surface area contributed by atoms with Crippen LogP contribution in [0.5, 0.6) is 0 Å². The van der Waals surface area contributed by atoms with Gasteiger partial charge in [0.05, 0.1) is 19.8 Å². The summed E-state index contributed by atoms with van der Waals surface area (Å²) >= 11 is 1.73. The van der Waals surface area contributed by atoms with Gasteiger partial charge in [-0.15, -0.1) is 0 Å². The molecule has 2 heterocycles. The molecule has 0 spiro atoms. The summed E-state index contributed by atoms with van der Waals surface area (Å²) < 4.78 is 5.21. The molecule has 0 aliphatic carbocycles. The number of amides is 1. The van der Waals surface area contributed by atoms with E-state index in [1.54, 1.807) is 11.8 Å². The van der Waals surface area contributed by atoms with Crippen LogP contribution in [0.15, 0.2) is 4.99 Å². The summed E-state index contributed by atoms with van der Waals surface area (Å²) in [7, 11) is 0. The molecule has 6 heteroatoms. The van der Waals surface area contributed by atoms with Crippen molar-refractivity contribution in [2.24, 2.45) is 4.99 Å². The van der Waals surface area contributed by atoms with Crippen LogP contribution in [0.3, 0.4) is 0 Å². The Kier molecular flexibility index (Phi) is 4.67. The molecular weight excluding hydrogens is 238 g/mol. The number of ether oxygens (including phenoxy) is 1. The van der Waals surface area contributed by atoms with E-state index in [0.717, 1.165) is 24.0 Å². The largest absolute Gasteiger partial charge is 0.378 e. The number of nitrogens with one attached hydrogen (secondary N) is 1. The van der Waals surface area contributed by atoms with Gasteiger partial charge in [-0.25, -0.2) is 0 Å². The Bertz CT molecular complexity index is 303. The number of rotatable bonds is 3. The van der Waals surface area contributed by atoms with Gasteiger partial charge in [0.15, 0.2) is 5.17 Å². The van der Waals surface area contributed by atoms with Crippen molar-refractivity contribution < 1.29 is 9.53 Å². The lowest BCUT2D eigenvalue weighted by molar-refractivity contribution is -0.135. The van der Waals surface area contributed by atoms with Crippen LogP contribution >= 0.6 is 11.8 Å². The molecule has 2 saturated heterocycles. The fourth-order valence-electron chi connectivity index (χ4n) is 1.81. The Morgan fingerprint density at radius 3 is 3.00 bits per heavy atom. The molecular formula is C11H19N3O2S. The lowest BCUT2D eigenvalue weighted by Crippen LogP contribution is -2.40. The molecule has 2 aliphatic rings. The molecule has 1 amide bonds. The van der Waals surface area contributed by atoms with Crippen LogP contribution in [0.25, 0.3) is 0 Å². The van der Waals surface area contributed by atoms with Crippen molar-refractivity contribution in [2.75, 3.05) is 38.6 Å². The van der Waals surface area contributed by atoms with Crippen LogP contribution in [0.4, 0.5) is 0 Å². The van der Waals surface area contributed by atoms with E-state index in [-0.39, 0.29) is 5.91 Å². The average molecular weight is 257 g/mol. The summed E-state index contributed by atoms with van der Waals surface area (Å²) in [6.45, 7) is 5.48. The predicted octanol–water partition coefficient (Wildman–Crippen LogP) is 0.316. The van der Waals surface area contributed by atoms with Gasteiger partial charge in [-0.3, -0.25) is 9.79 Å². The third-order valence-corrected chi connectivity index (χ3v) is 3.97. The van der Waals surface area contributed by atoms with Crippen LogP contribution in [0.2, 0.25) is 0 Å². The fraction of sp³-hybridized carbons (Fsp3) is 0.818. The molecule has 0 aromatic rings. The third-order valence-electron chi connectivity index (χ3n) is 2.78. The molecule has 0 radical (unpaired) electrons. The van der Waals surface area contributed by atoms with Gasteiger partial charge >= 0.3 is 0 Å². The maximum atomic E-state index is 11.8. The van der Waals surface area contributed by atoms with Gasteiger partial charge in [0.1, 0.15) is 0 Å². The van der Waals surface area contributed by atoms with Crippen LogP contribution in [0.1, 0.15) is 13.3 Å².